The third-order valence-electron chi connectivity index (χ3n) is 3.51. The predicted molar refractivity (Wildman–Crippen MR) is 106 cm³/mol. The minimum absolute atomic E-state index is 0.455. The fourth-order valence-corrected chi connectivity index (χ4v) is 4.14. The number of aromatic nitrogens is 4. The van der Waals surface area contributed by atoms with Crippen molar-refractivity contribution < 1.29 is 0 Å². The molecule has 0 radical (unpaired) electrons. The van der Waals surface area contributed by atoms with Gasteiger partial charge in [0.2, 0.25) is 4.77 Å². The summed E-state index contributed by atoms with van der Waals surface area (Å²) < 4.78 is 2.10. The van der Waals surface area contributed by atoms with E-state index in [0.717, 1.165) is 26.0 Å². The molecule has 8 heteroatoms. The molecule has 0 aliphatic heterocycles. The highest BCUT2D eigenvalue weighted by Gasteiger charge is 2.17. The third kappa shape index (κ3) is 3.23. The van der Waals surface area contributed by atoms with E-state index in [1.54, 1.807) is 33.6 Å². The topological polar surface area (TPSA) is 58.9 Å². The molecule has 3 aromatic heterocycles. The van der Waals surface area contributed by atoms with Crippen LogP contribution < -0.4 is 0 Å². The summed E-state index contributed by atoms with van der Waals surface area (Å²) in [5.41, 5.74) is 2.00. The largest absolute Gasteiger partial charge is 0.250 e. The lowest BCUT2D eigenvalue weighted by atomic mass is 10.2. The zero-order valence-electron chi connectivity index (χ0n) is 13.2. The molecule has 4 rings (SSSR count). The molecule has 25 heavy (non-hydrogen) atoms. The van der Waals surface area contributed by atoms with Crippen molar-refractivity contribution in [3.8, 4) is 21.3 Å². The highest BCUT2D eigenvalue weighted by molar-refractivity contribution is 7.71. The lowest BCUT2D eigenvalue weighted by Crippen LogP contribution is -1.94. The molecule has 4 aromatic rings. The van der Waals surface area contributed by atoms with Crippen LogP contribution in [0.15, 0.2) is 52.9 Å². The molecule has 1 aromatic carbocycles. The first-order valence-corrected chi connectivity index (χ1v) is 9.61. The van der Waals surface area contributed by atoms with Crippen LogP contribution in [-0.4, -0.2) is 26.1 Å². The maximum Gasteiger partial charge on any atom is 0.216 e. The molecule has 0 fully saturated rings. The Morgan fingerprint density at radius 3 is 2.80 bits per heavy atom. The minimum atomic E-state index is 0.455. The Labute approximate surface area is 157 Å². The van der Waals surface area contributed by atoms with Gasteiger partial charge in [-0.25, -0.2) is 10.1 Å². The second-order valence-corrected chi connectivity index (χ2v) is 7.59. The van der Waals surface area contributed by atoms with Crippen LogP contribution in [0, 0.1) is 11.7 Å². The molecule has 0 aliphatic carbocycles. The first-order chi connectivity index (χ1) is 12.2. The molecule has 124 valence electrons. The SMILES string of the molecule is Cc1nc(-c2ccccc2)sc1-c1n[nH]c(=S)n1/N=C/c1cccs1. The summed E-state index contributed by atoms with van der Waals surface area (Å²) in [6, 6.07) is 14.1. The first-order valence-electron chi connectivity index (χ1n) is 7.51. The number of hydrogen-bond acceptors (Lipinski definition) is 6. The summed E-state index contributed by atoms with van der Waals surface area (Å²) >= 11 is 8.53. The van der Waals surface area contributed by atoms with E-state index in [1.807, 2.05) is 54.8 Å². The molecule has 0 aliphatic rings. The van der Waals surface area contributed by atoms with E-state index in [4.69, 9.17) is 12.2 Å². The molecular formula is C17H13N5S3. The fraction of sp³-hybridized carbons (Fsp3) is 0.0588. The monoisotopic (exact) mass is 383 g/mol. The Kier molecular flexibility index (Phi) is 4.39. The van der Waals surface area contributed by atoms with E-state index in [9.17, 15) is 0 Å². The summed E-state index contributed by atoms with van der Waals surface area (Å²) in [5, 5.41) is 14.6. The number of hydrogen-bond donors (Lipinski definition) is 1. The lowest BCUT2D eigenvalue weighted by Gasteiger charge is -1.98. The fourth-order valence-electron chi connectivity index (χ4n) is 2.33. The number of thiophene rings is 1. The maximum absolute atomic E-state index is 5.33. The van der Waals surface area contributed by atoms with E-state index < -0.39 is 0 Å². The Bertz CT molecular complexity index is 1070. The van der Waals surface area contributed by atoms with Crippen LogP contribution in [0.1, 0.15) is 10.6 Å². The summed E-state index contributed by atoms with van der Waals surface area (Å²) in [4.78, 5) is 6.69. The average Bonchev–Trinajstić information content (AvgIpc) is 3.35. The predicted octanol–water partition coefficient (Wildman–Crippen LogP) is 4.98. The third-order valence-corrected chi connectivity index (χ3v) is 5.79. The summed E-state index contributed by atoms with van der Waals surface area (Å²) in [6.45, 7) is 1.98. The van der Waals surface area contributed by atoms with Crippen molar-refractivity contribution in [2.24, 2.45) is 5.10 Å². The van der Waals surface area contributed by atoms with Crippen molar-refractivity contribution in [3.63, 3.8) is 0 Å². The molecule has 0 saturated heterocycles. The van der Waals surface area contributed by atoms with Crippen LogP contribution in [0.2, 0.25) is 0 Å². The highest BCUT2D eigenvalue weighted by Crippen LogP contribution is 2.34. The number of aromatic amines is 1. The Balaban J connectivity index is 1.76. The maximum atomic E-state index is 5.33. The smallest absolute Gasteiger partial charge is 0.216 e. The van der Waals surface area contributed by atoms with Gasteiger partial charge in [0.05, 0.1) is 16.8 Å². The Morgan fingerprint density at radius 1 is 1.20 bits per heavy atom. The summed E-state index contributed by atoms with van der Waals surface area (Å²) in [5.74, 6) is 0.676. The van der Waals surface area contributed by atoms with E-state index in [1.165, 1.54) is 0 Å². The van der Waals surface area contributed by atoms with Crippen LogP contribution >= 0.6 is 34.9 Å². The number of benzene rings is 1. The average molecular weight is 384 g/mol. The molecule has 0 amide bonds. The van der Waals surface area contributed by atoms with Gasteiger partial charge in [0.15, 0.2) is 5.82 Å². The zero-order chi connectivity index (χ0) is 17.2. The molecule has 0 unspecified atom stereocenters. The van der Waals surface area contributed by atoms with Gasteiger partial charge >= 0.3 is 0 Å². The molecule has 0 atom stereocenters. The van der Waals surface area contributed by atoms with Crippen molar-refractivity contribution in [1.82, 2.24) is 19.9 Å². The van der Waals surface area contributed by atoms with E-state index >= 15 is 0 Å². The molecule has 5 nitrogen and oxygen atoms in total. The molecule has 0 bridgehead atoms. The first kappa shape index (κ1) is 16.1. The van der Waals surface area contributed by atoms with Crippen molar-refractivity contribution in [2.75, 3.05) is 0 Å². The number of nitrogens with one attached hydrogen (secondary N) is 1. The van der Waals surface area contributed by atoms with Gasteiger partial charge in [0.25, 0.3) is 0 Å². The molecule has 1 N–H and O–H groups in total. The zero-order valence-corrected chi connectivity index (χ0v) is 15.7. The van der Waals surface area contributed by atoms with Crippen molar-refractivity contribution in [1.29, 1.82) is 0 Å². The van der Waals surface area contributed by atoms with Crippen LogP contribution in [0.25, 0.3) is 21.3 Å². The van der Waals surface area contributed by atoms with Crippen LogP contribution in [0.5, 0.6) is 0 Å². The van der Waals surface area contributed by atoms with Crippen LogP contribution in [0.4, 0.5) is 0 Å². The van der Waals surface area contributed by atoms with Crippen LogP contribution in [0.3, 0.4) is 0 Å². The normalized spacial score (nSPS) is 11.4. The van der Waals surface area contributed by atoms with Gasteiger partial charge in [-0.3, -0.25) is 0 Å². The summed E-state index contributed by atoms with van der Waals surface area (Å²) in [7, 11) is 0. The van der Waals surface area contributed by atoms with Gasteiger partial charge in [-0.1, -0.05) is 36.4 Å². The second kappa shape index (κ2) is 6.83. The number of rotatable bonds is 4. The quantitative estimate of drug-likeness (QED) is 0.399. The molecule has 0 spiro atoms. The number of thiazole rings is 1. The van der Waals surface area contributed by atoms with Gasteiger partial charge in [-0.2, -0.15) is 14.9 Å². The summed E-state index contributed by atoms with van der Waals surface area (Å²) in [6.07, 6.45) is 1.79. The van der Waals surface area contributed by atoms with Gasteiger partial charge in [0.1, 0.15) is 5.01 Å². The van der Waals surface area contributed by atoms with Gasteiger partial charge in [0, 0.05) is 10.4 Å². The minimum Gasteiger partial charge on any atom is -0.250 e. The molecular weight excluding hydrogens is 370 g/mol. The van der Waals surface area contributed by atoms with Crippen molar-refractivity contribution in [2.45, 2.75) is 6.92 Å². The van der Waals surface area contributed by atoms with E-state index in [2.05, 4.69) is 20.3 Å². The Hall–Kier alpha value is -2.42. The van der Waals surface area contributed by atoms with Gasteiger partial charge in [-0.05, 0) is 30.6 Å². The Morgan fingerprint density at radius 2 is 2.04 bits per heavy atom. The van der Waals surface area contributed by atoms with Crippen molar-refractivity contribution >= 4 is 41.1 Å². The standard InChI is InChI=1S/C17H13N5S3/c1-11-14(25-16(19-11)12-6-3-2-4-7-12)15-20-21-17(23)22(15)18-10-13-8-5-9-24-13/h2-10H,1H3,(H,21,23)/b18-10+. The second-order valence-electron chi connectivity index (χ2n) is 5.22. The van der Waals surface area contributed by atoms with Crippen LogP contribution in [-0.2, 0) is 0 Å². The van der Waals surface area contributed by atoms with Gasteiger partial charge in [-0.15, -0.1) is 22.7 Å². The molecule has 0 saturated carbocycles. The van der Waals surface area contributed by atoms with E-state index in [0.29, 0.717) is 10.6 Å². The van der Waals surface area contributed by atoms with Gasteiger partial charge < -0.3 is 0 Å². The number of H-pyrrole nitrogens is 1. The van der Waals surface area contributed by atoms with E-state index in [-0.39, 0.29) is 0 Å². The number of aryl methyl sites for hydroxylation is 1. The lowest BCUT2D eigenvalue weighted by molar-refractivity contribution is 0.872. The number of nitrogens with zero attached hydrogens (tertiary/aromatic N) is 4. The molecule has 3 heterocycles. The van der Waals surface area contributed by atoms with Crippen molar-refractivity contribution in [3.05, 3.63) is 63.2 Å². The highest BCUT2D eigenvalue weighted by atomic mass is 32.1.